The molecule has 7 nitrogen and oxygen atoms in total. The molecule has 1 aromatic rings. The average Bonchev–Trinajstić information content (AvgIpc) is 2.60. The fourth-order valence-corrected chi connectivity index (χ4v) is 1.96. The van der Waals surface area contributed by atoms with Crippen LogP contribution in [0.3, 0.4) is 0 Å². The molecule has 0 aromatic carbocycles. The average molecular weight is 236 g/mol. The van der Waals surface area contributed by atoms with Crippen LogP contribution in [0.4, 0.5) is 5.82 Å². The summed E-state index contributed by atoms with van der Waals surface area (Å²) in [5.41, 5.74) is 4.83. The Labute approximate surface area is 96.6 Å². The van der Waals surface area contributed by atoms with Crippen molar-refractivity contribution in [1.82, 2.24) is 9.55 Å². The predicted octanol–water partition coefficient (Wildman–Crippen LogP) is -0.826. The summed E-state index contributed by atoms with van der Waals surface area (Å²) in [4.78, 5) is 37.9. The van der Waals surface area contributed by atoms with E-state index in [4.69, 9.17) is 5.73 Å². The molecule has 0 spiro atoms. The third-order valence-corrected chi connectivity index (χ3v) is 2.61. The number of aromatic nitrogens is 2. The molecule has 2 heterocycles. The van der Waals surface area contributed by atoms with Gasteiger partial charge in [-0.25, -0.2) is 4.98 Å². The summed E-state index contributed by atoms with van der Waals surface area (Å²) in [5, 5.41) is 2.44. The SMILES string of the molecule is CC(=O)Nc1cc(=O)n2c(n1)CCC2C(N)=O. The number of aryl methyl sites for hydroxylation is 1. The maximum absolute atomic E-state index is 11.8. The van der Waals surface area contributed by atoms with E-state index in [1.54, 1.807) is 0 Å². The minimum atomic E-state index is -0.628. The molecular formula is C10H12N4O3. The van der Waals surface area contributed by atoms with Gasteiger partial charge in [0.15, 0.2) is 0 Å². The summed E-state index contributed by atoms with van der Waals surface area (Å²) < 4.78 is 1.29. The zero-order valence-electron chi connectivity index (χ0n) is 9.27. The Morgan fingerprint density at radius 2 is 2.29 bits per heavy atom. The number of rotatable bonds is 2. The number of carbonyl (C=O) groups is 2. The molecule has 1 atom stereocenters. The van der Waals surface area contributed by atoms with Crippen molar-refractivity contribution in [1.29, 1.82) is 0 Å². The van der Waals surface area contributed by atoms with Gasteiger partial charge >= 0.3 is 0 Å². The number of nitrogens with two attached hydrogens (primary N) is 1. The standard InChI is InChI=1S/C10H12N4O3/c1-5(15)12-7-4-9(16)14-6(10(11)17)2-3-8(14)13-7/h4,6H,2-3H2,1H3,(H2,11,17)(H,12,15). The molecule has 0 radical (unpaired) electrons. The Balaban J connectivity index is 2.45. The van der Waals surface area contributed by atoms with E-state index in [1.807, 2.05) is 0 Å². The third-order valence-electron chi connectivity index (χ3n) is 2.61. The normalized spacial score (nSPS) is 17.6. The Kier molecular flexibility index (Phi) is 2.66. The second kappa shape index (κ2) is 4.00. The summed E-state index contributed by atoms with van der Waals surface area (Å²) in [7, 11) is 0. The zero-order valence-corrected chi connectivity index (χ0v) is 9.27. The summed E-state index contributed by atoms with van der Waals surface area (Å²) in [5.74, 6) is -0.157. The molecule has 1 aromatic heterocycles. The zero-order chi connectivity index (χ0) is 12.6. The first-order chi connectivity index (χ1) is 7.99. The second-order valence-corrected chi connectivity index (χ2v) is 3.90. The van der Waals surface area contributed by atoms with E-state index >= 15 is 0 Å². The van der Waals surface area contributed by atoms with Gasteiger partial charge in [0.25, 0.3) is 5.56 Å². The van der Waals surface area contributed by atoms with E-state index in [9.17, 15) is 14.4 Å². The number of hydrogen-bond donors (Lipinski definition) is 2. The Morgan fingerprint density at radius 1 is 1.59 bits per heavy atom. The molecule has 0 aliphatic carbocycles. The van der Waals surface area contributed by atoms with Crippen molar-refractivity contribution in [2.24, 2.45) is 5.73 Å². The van der Waals surface area contributed by atoms with Gasteiger partial charge in [-0.3, -0.25) is 19.0 Å². The van der Waals surface area contributed by atoms with Crippen molar-refractivity contribution < 1.29 is 9.59 Å². The highest BCUT2D eigenvalue weighted by Crippen LogP contribution is 2.22. The molecule has 1 unspecified atom stereocenters. The summed E-state index contributed by atoms with van der Waals surface area (Å²) in [6, 6.07) is 0.558. The van der Waals surface area contributed by atoms with Crippen LogP contribution in [0.25, 0.3) is 0 Å². The van der Waals surface area contributed by atoms with Crippen LogP contribution in [0.5, 0.6) is 0 Å². The molecule has 0 saturated carbocycles. The lowest BCUT2D eigenvalue weighted by molar-refractivity contribution is -0.121. The van der Waals surface area contributed by atoms with Crippen LogP contribution in [0, 0.1) is 0 Å². The van der Waals surface area contributed by atoms with Crippen molar-refractivity contribution >= 4 is 17.6 Å². The van der Waals surface area contributed by atoms with Crippen molar-refractivity contribution in [3.63, 3.8) is 0 Å². The highest BCUT2D eigenvalue weighted by Gasteiger charge is 2.28. The number of nitrogens with one attached hydrogen (secondary N) is 1. The number of anilines is 1. The molecule has 3 N–H and O–H groups in total. The molecule has 0 bridgehead atoms. The monoisotopic (exact) mass is 236 g/mol. The van der Waals surface area contributed by atoms with Gasteiger partial charge in [0.05, 0.1) is 0 Å². The van der Waals surface area contributed by atoms with Crippen LogP contribution in [0.2, 0.25) is 0 Å². The van der Waals surface area contributed by atoms with Crippen LogP contribution >= 0.6 is 0 Å². The molecule has 2 rings (SSSR count). The van der Waals surface area contributed by atoms with Gasteiger partial charge in [-0.05, 0) is 6.42 Å². The summed E-state index contributed by atoms with van der Waals surface area (Å²) in [6.45, 7) is 1.33. The van der Waals surface area contributed by atoms with Crippen molar-refractivity contribution in [2.45, 2.75) is 25.8 Å². The summed E-state index contributed by atoms with van der Waals surface area (Å²) >= 11 is 0. The van der Waals surface area contributed by atoms with E-state index in [1.165, 1.54) is 17.6 Å². The number of primary amides is 1. The van der Waals surface area contributed by atoms with Gasteiger partial charge in [-0.15, -0.1) is 0 Å². The Bertz CT molecular complexity index is 549. The molecule has 7 heteroatoms. The van der Waals surface area contributed by atoms with Crippen LogP contribution < -0.4 is 16.6 Å². The van der Waals surface area contributed by atoms with Gasteiger partial charge in [0.1, 0.15) is 17.7 Å². The fraction of sp³-hybridized carbons (Fsp3) is 0.400. The van der Waals surface area contributed by atoms with E-state index in [2.05, 4.69) is 10.3 Å². The van der Waals surface area contributed by atoms with E-state index in [0.717, 1.165) is 0 Å². The topological polar surface area (TPSA) is 107 Å². The van der Waals surface area contributed by atoms with E-state index in [0.29, 0.717) is 18.7 Å². The van der Waals surface area contributed by atoms with Crippen molar-refractivity contribution in [3.8, 4) is 0 Å². The minimum Gasteiger partial charge on any atom is -0.368 e. The van der Waals surface area contributed by atoms with Crippen molar-refractivity contribution in [3.05, 3.63) is 22.2 Å². The van der Waals surface area contributed by atoms with Crippen LogP contribution in [0.1, 0.15) is 25.2 Å². The Hall–Kier alpha value is -2.18. The van der Waals surface area contributed by atoms with E-state index in [-0.39, 0.29) is 17.3 Å². The number of nitrogens with zero attached hydrogens (tertiary/aromatic N) is 2. The largest absolute Gasteiger partial charge is 0.368 e. The highest BCUT2D eigenvalue weighted by atomic mass is 16.2. The van der Waals surface area contributed by atoms with Gasteiger partial charge in [-0.2, -0.15) is 0 Å². The third kappa shape index (κ3) is 2.03. The molecular weight excluding hydrogens is 224 g/mol. The molecule has 2 amide bonds. The number of hydrogen-bond acceptors (Lipinski definition) is 4. The maximum Gasteiger partial charge on any atom is 0.256 e. The molecule has 17 heavy (non-hydrogen) atoms. The Morgan fingerprint density at radius 3 is 2.88 bits per heavy atom. The first kappa shape index (κ1) is 11.3. The molecule has 90 valence electrons. The maximum atomic E-state index is 11.8. The second-order valence-electron chi connectivity index (χ2n) is 3.90. The smallest absolute Gasteiger partial charge is 0.256 e. The molecule has 1 aliphatic rings. The lowest BCUT2D eigenvalue weighted by Gasteiger charge is -2.10. The lowest BCUT2D eigenvalue weighted by atomic mass is 10.2. The van der Waals surface area contributed by atoms with Crippen LogP contribution in [-0.2, 0) is 16.0 Å². The first-order valence-electron chi connectivity index (χ1n) is 5.18. The number of carbonyl (C=O) groups excluding carboxylic acids is 2. The van der Waals surface area contributed by atoms with Gasteiger partial charge in [0, 0.05) is 19.4 Å². The predicted molar refractivity (Wildman–Crippen MR) is 59.4 cm³/mol. The van der Waals surface area contributed by atoms with Crippen molar-refractivity contribution in [2.75, 3.05) is 5.32 Å². The minimum absolute atomic E-state index is 0.207. The molecule has 0 saturated heterocycles. The van der Waals surface area contributed by atoms with Gasteiger partial charge in [-0.1, -0.05) is 0 Å². The highest BCUT2D eigenvalue weighted by molar-refractivity contribution is 5.87. The summed E-state index contributed by atoms with van der Waals surface area (Å²) in [6.07, 6.45) is 0.970. The lowest BCUT2D eigenvalue weighted by Crippen LogP contribution is -2.32. The quantitative estimate of drug-likeness (QED) is 0.699. The molecule has 1 aliphatic heterocycles. The first-order valence-corrected chi connectivity index (χ1v) is 5.18. The van der Waals surface area contributed by atoms with Gasteiger partial charge < -0.3 is 11.1 Å². The fourth-order valence-electron chi connectivity index (χ4n) is 1.96. The number of fused-ring (bicyclic) bond motifs is 1. The van der Waals surface area contributed by atoms with E-state index < -0.39 is 11.9 Å². The van der Waals surface area contributed by atoms with Crippen LogP contribution in [-0.4, -0.2) is 21.4 Å². The van der Waals surface area contributed by atoms with Gasteiger partial charge in [0.2, 0.25) is 11.8 Å². The number of amides is 2. The van der Waals surface area contributed by atoms with Crippen LogP contribution in [0.15, 0.2) is 10.9 Å². The molecule has 0 fully saturated rings.